The monoisotopic (exact) mass is 536 g/mol. The summed E-state index contributed by atoms with van der Waals surface area (Å²) < 4.78 is 5.44. The first kappa shape index (κ1) is 22.7. The number of anilines is 1. The van der Waals surface area contributed by atoms with Crippen molar-refractivity contribution in [3.05, 3.63) is 77.6 Å². The molecule has 0 atom stereocenters. The maximum absolute atomic E-state index is 5.44. The number of halogens is 1. The molecule has 5 nitrogen and oxygen atoms in total. The van der Waals surface area contributed by atoms with Crippen LogP contribution in [0.5, 0.6) is 0 Å². The normalized spacial score (nSPS) is 14.9. The van der Waals surface area contributed by atoms with Crippen molar-refractivity contribution < 1.29 is 4.42 Å². The number of piperidine rings is 1. The van der Waals surface area contributed by atoms with Crippen molar-refractivity contribution in [1.29, 1.82) is 0 Å². The number of thiophene rings is 1. The fraction of sp³-hybridized carbons (Fsp3) is 0.348. The van der Waals surface area contributed by atoms with Gasteiger partial charge in [-0.15, -0.1) is 35.3 Å². The van der Waals surface area contributed by atoms with Crippen molar-refractivity contribution in [2.75, 3.05) is 24.5 Å². The standard InChI is InChI=1S/C23H28N4OS.HI/c1-2-6-19(7-3-1)18-25-23(24-13-10-21-8-4-16-28-21)26-20-11-14-27(15-12-20)22-9-5-17-29-22;/h1-9,16-17,20H,10-15,18H2,(H2,24,25,26);1H. The van der Waals surface area contributed by atoms with Crippen LogP contribution in [0.3, 0.4) is 0 Å². The van der Waals surface area contributed by atoms with E-state index in [0.717, 1.165) is 50.6 Å². The summed E-state index contributed by atoms with van der Waals surface area (Å²) in [6.45, 7) is 3.63. The smallest absolute Gasteiger partial charge is 0.191 e. The van der Waals surface area contributed by atoms with E-state index in [-0.39, 0.29) is 24.0 Å². The van der Waals surface area contributed by atoms with Gasteiger partial charge < -0.3 is 20.0 Å². The van der Waals surface area contributed by atoms with E-state index in [2.05, 4.69) is 57.3 Å². The van der Waals surface area contributed by atoms with Gasteiger partial charge in [0.25, 0.3) is 0 Å². The molecule has 4 rings (SSSR count). The molecule has 0 aliphatic carbocycles. The van der Waals surface area contributed by atoms with E-state index < -0.39 is 0 Å². The topological polar surface area (TPSA) is 52.8 Å². The summed E-state index contributed by atoms with van der Waals surface area (Å²) in [5.41, 5.74) is 1.21. The van der Waals surface area contributed by atoms with Crippen LogP contribution in [0.25, 0.3) is 0 Å². The second kappa shape index (κ2) is 12.0. The summed E-state index contributed by atoms with van der Waals surface area (Å²) in [5, 5.41) is 10.7. The van der Waals surface area contributed by atoms with Crippen LogP contribution in [-0.2, 0) is 13.0 Å². The van der Waals surface area contributed by atoms with Crippen LogP contribution in [0, 0.1) is 0 Å². The van der Waals surface area contributed by atoms with Gasteiger partial charge in [0.15, 0.2) is 5.96 Å². The third-order valence-electron chi connectivity index (χ3n) is 5.16. The SMILES string of the molecule is I.c1ccc(CN=C(NCCc2ccco2)NC2CCN(c3cccs3)CC2)cc1. The molecule has 0 amide bonds. The number of guanidine groups is 1. The van der Waals surface area contributed by atoms with E-state index in [1.54, 1.807) is 6.26 Å². The van der Waals surface area contributed by atoms with Crippen molar-refractivity contribution in [2.24, 2.45) is 4.99 Å². The maximum atomic E-state index is 5.44. The summed E-state index contributed by atoms with van der Waals surface area (Å²) in [4.78, 5) is 7.31. The molecule has 0 saturated carbocycles. The van der Waals surface area contributed by atoms with Gasteiger partial charge in [-0.2, -0.15) is 0 Å². The minimum atomic E-state index is 0. The highest BCUT2D eigenvalue weighted by atomic mass is 127. The first-order valence-corrected chi connectivity index (χ1v) is 11.1. The van der Waals surface area contributed by atoms with Crippen LogP contribution in [-0.4, -0.2) is 31.6 Å². The third kappa shape index (κ3) is 6.77. The Labute approximate surface area is 199 Å². The van der Waals surface area contributed by atoms with Gasteiger partial charge >= 0.3 is 0 Å². The molecular formula is C23H29IN4OS. The fourth-order valence-corrected chi connectivity index (χ4v) is 4.34. The largest absolute Gasteiger partial charge is 0.469 e. The second-order valence-corrected chi connectivity index (χ2v) is 8.19. The number of nitrogens with one attached hydrogen (secondary N) is 2. The fourth-order valence-electron chi connectivity index (χ4n) is 3.55. The molecule has 1 saturated heterocycles. The number of nitrogens with zero attached hydrogens (tertiary/aromatic N) is 2. The zero-order chi connectivity index (χ0) is 19.7. The van der Waals surface area contributed by atoms with E-state index in [1.165, 1.54) is 10.6 Å². The Morgan fingerprint density at radius 3 is 2.60 bits per heavy atom. The van der Waals surface area contributed by atoms with Gasteiger partial charge in [-0.1, -0.05) is 30.3 Å². The molecule has 1 aliphatic rings. The molecule has 0 radical (unpaired) electrons. The summed E-state index contributed by atoms with van der Waals surface area (Å²) >= 11 is 1.82. The average molecular weight is 536 g/mol. The molecule has 0 bridgehead atoms. The molecule has 1 aliphatic heterocycles. The van der Waals surface area contributed by atoms with E-state index >= 15 is 0 Å². The Morgan fingerprint density at radius 1 is 1.07 bits per heavy atom. The number of hydrogen-bond acceptors (Lipinski definition) is 4. The van der Waals surface area contributed by atoms with Gasteiger partial charge in [0.05, 0.1) is 17.8 Å². The van der Waals surface area contributed by atoms with Crippen LogP contribution < -0.4 is 15.5 Å². The first-order chi connectivity index (χ1) is 14.4. The minimum absolute atomic E-state index is 0. The van der Waals surface area contributed by atoms with Crippen LogP contribution in [0.15, 0.2) is 75.7 Å². The number of aliphatic imine (C=N–C) groups is 1. The summed E-state index contributed by atoms with van der Waals surface area (Å²) in [6, 6.07) is 19.1. The molecule has 2 N–H and O–H groups in total. The van der Waals surface area contributed by atoms with Gasteiger partial charge in [-0.25, -0.2) is 4.99 Å². The lowest BCUT2D eigenvalue weighted by Gasteiger charge is -2.33. The molecule has 0 unspecified atom stereocenters. The van der Waals surface area contributed by atoms with Crippen molar-refractivity contribution in [3.63, 3.8) is 0 Å². The molecule has 1 fully saturated rings. The second-order valence-electron chi connectivity index (χ2n) is 7.26. The number of rotatable bonds is 7. The molecule has 3 heterocycles. The van der Waals surface area contributed by atoms with Crippen LogP contribution in [0.1, 0.15) is 24.2 Å². The Bertz CT molecular complexity index is 860. The summed E-state index contributed by atoms with van der Waals surface area (Å²) in [7, 11) is 0. The molecule has 0 spiro atoms. The van der Waals surface area contributed by atoms with E-state index in [0.29, 0.717) is 12.6 Å². The van der Waals surface area contributed by atoms with Gasteiger partial charge in [-0.05, 0) is 48.1 Å². The number of furan rings is 1. The van der Waals surface area contributed by atoms with Crippen LogP contribution >= 0.6 is 35.3 Å². The van der Waals surface area contributed by atoms with Gasteiger partial charge in [0, 0.05) is 32.1 Å². The van der Waals surface area contributed by atoms with Crippen molar-refractivity contribution >= 4 is 46.3 Å². The van der Waals surface area contributed by atoms with E-state index in [9.17, 15) is 0 Å². The predicted octanol–water partition coefficient (Wildman–Crippen LogP) is 4.91. The minimum Gasteiger partial charge on any atom is -0.469 e. The van der Waals surface area contributed by atoms with Crippen molar-refractivity contribution in [2.45, 2.75) is 31.8 Å². The van der Waals surface area contributed by atoms with Crippen molar-refractivity contribution in [3.8, 4) is 0 Å². The Balaban J connectivity index is 0.00000256. The highest BCUT2D eigenvalue weighted by Gasteiger charge is 2.20. The highest BCUT2D eigenvalue weighted by Crippen LogP contribution is 2.24. The summed E-state index contributed by atoms with van der Waals surface area (Å²) in [5.74, 6) is 1.87. The van der Waals surface area contributed by atoms with Gasteiger partial charge in [0.1, 0.15) is 5.76 Å². The predicted molar refractivity (Wildman–Crippen MR) is 136 cm³/mol. The highest BCUT2D eigenvalue weighted by molar-refractivity contribution is 14.0. The third-order valence-corrected chi connectivity index (χ3v) is 6.09. The Kier molecular flexibility index (Phi) is 9.07. The van der Waals surface area contributed by atoms with Gasteiger partial charge in [-0.3, -0.25) is 0 Å². The Hall–Kier alpha value is -2.00. The van der Waals surface area contributed by atoms with Crippen molar-refractivity contribution in [1.82, 2.24) is 10.6 Å². The number of benzene rings is 1. The Morgan fingerprint density at radius 2 is 1.90 bits per heavy atom. The first-order valence-electron chi connectivity index (χ1n) is 10.3. The lowest BCUT2D eigenvalue weighted by Crippen LogP contribution is -2.49. The zero-order valence-corrected chi connectivity index (χ0v) is 20.1. The molecule has 7 heteroatoms. The average Bonchev–Trinajstić information content (AvgIpc) is 3.48. The molecule has 160 valence electrons. The van der Waals surface area contributed by atoms with E-state index in [4.69, 9.17) is 9.41 Å². The van der Waals surface area contributed by atoms with Gasteiger partial charge in [0.2, 0.25) is 0 Å². The van der Waals surface area contributed by atoms with Crippen LogP contribution in [0.2, 0.25) is 0 Å². The van der Waals surface area contributed by atoms with E-state index in [1.807, 2.05) is 29.5 Å². The molecule has 2 aromatic heterocycles. The zero-order valence-electron chi connectivity index (χ0n) is 17.0. The molecule has 1 aromatic carbocycles. The number of hydrogen-bond donors (Lipinski definition) is 2. The maximum Gasteiger partial charge on any atom is 0.191 e. The van der Waals surface area contributed by atoms with Crippen LogP contribution in [0.4, 0.5) is 5.00 Å². The lowest BCUT2D eigenvalue weighted by molar-refractivity contribution is 0.461. The molecular weight excluding hydrogens is 507 g/mol. The lowest BCUT2D eigenvalue weighted by atomic mass is 10.1. The quantitative estimate of drug-likeness (QED) is 0.256. The molecule has 30 heavy (non-hydrogen) atoms. The summed E-state index contributed by atoms with van der Waals surface area (Å²) in [6.07, 6.45) is 4.79. The molecule has 3 aromatic rings.